The number of hydrogen-bond donors (Lipinski definition) is 3. The fourth-order valence-electron chi connectivity index (χ4n) is 2.72. The summed E-state index contributed by atoms with van der Waals surface area (Å²) < 4.78 is 38.2. The van der Waals surface area contributed by atoms with Crippen LogP contribution in [-0.4, -0.2) is 57.4 Å². The van der Waals surface area contributed by atoms with Gasteiger partial charge in [-0.3, -0.25) is 0 Å². The molecule has 0 radical (unpaired) electrons. The molecule has 6 nitrogen and oxygen atoms in total. The van der Waals surface area contributed by atoms with Gasteiger partial charge >= 0.3 is 12.2 Å². The van der Waals surface area contributed by atoms with Gasteiger partial charge in [0.1, 0.15) is 5.82 Å². The predicted octanol–water partition coefficient (Wildman–Crippen LogP) is 1.81. The van der Waals surface area contributed by atoms with E-state index in [9.17, 15) is 23.1 Å². The number of carbonyl (C=O) groups excluding carboxylic acids is 1. The van der Waals surface area contributed by atoms with Crippen LogP contribution in [0.3, 0.4) is 0 Å². The van der Waals surface area contributed by atoms with E-state index < -0.39 is 30.8 Å². The highest BCUT2D eigenvalue weighted by atomic mass is 19.4. The van der Waals surface area contributed by atoms with Gasteiger partial charge in [-0.05, 0) is 12.1 Å². The van der Waals surface area contributed by atoms with Gasteiger partial charge in [0.2, 0.25) is 0 Å². The summed E-state index contributed by atoms with van der Waals surface area (Å²) in [7, 11) is 0. The molecule has 3 N–H and O–H groups in total. The minimum Gasteiger partial charge on any atom is -0.379 e. The van der Waals surface area contributed by atoms with Crippen LogP contribution in [0.4, 0.5) is 18.0 Å². The zero-order chi connectivity index (χ0) is 17.4. The van der Waals surface area contributed by atoms with Crippen molar-refractivity contribution in [1.82, 2.24) is 20.2 Å². The number of aromatic nitrogens is 2. The number of fused-ring (bicyclic) bond motifs is 1. The summed E-state index contributed by atoms with van der Waals surface area (Å²) >= 11 is 0. The summed E-state index contributed by atoms with van der Waals surface area (Å²) in [5.74, 6) is 0.685. The number of amides is 2. The molecule has 130 valence electrons. The van der Waals surface area contributed by atoms with E-state index >= 15 is 0 Å². The van der Waals surface area contributed by atoms with Crippen molar-refractivity contribution in [3.63, 3.8) is 0 Å². The number of halogens is 3. The number of aromatic amines is 1. The lowest BCUT2D eigenvalue weighted by Gasteiger charge is -2.25. The minimum atomic E-state index is -4.74. The molecule has 0 bridgehead atoms. The number of para-hydroxylation sites is 2. The second-order valence-corrected chi connectivity index (χ2v) is 5.88. The number of benzene rings is 1. The molecule has 2 heterocycles. The molecule has 1 aromatic carbocycles. The molecule has 1 aliphatic heterocycles. The van der Waals surface area contributed by atoms with Crippen LogP contribution in [-0.2, 0) is 6.42 Å². The van der Waals surface area contributed by atoms with Crippen LogP contribution in [0.15, 0.2) is 24.3 Å². The average molecular weight is 342 g/mol. The summed E-state index contributed by atoms with van der Waals surface area (Å²) in [4.78, 5) is 20.4. The number of H-pyrrole nitrogens is 1. The van der Waals surface area contributed by atoms with Crippen LogP contribution >= 0.6 is 0 Å². The van der Waals surface area contributed by atoms with Gasteiger partial charge in [-0.1, -0.05) is 12.1 Å². The lowest BCUT2D eigenvalue weighted by atomic mass is 10.0. The van der Waals surface area contributed by atoms with Gasteiger partial charge in [-0.25, -0.2) is 9.78 Å². The van der Waals surface area contributed by atoms with E-state index in [1.54, 1.807) is 0 Å². The summed E-state index contributed by atoms with van der Waals surface area (Å²) in [6.07, 6.45) is -4.82. The fourth-order valence-corrected chi connectivity index (χ4v) is 2.72. The van der Waals surface area contributed by atoms with Crippen molar-refractivity contribution in [2.75, 3.05) is 19.6 Å². The van der Waals surface area contributed by atoms with E-state index in [1.165, 1.54) is 0 Å². The standard InChI is InChI=1S/C15H17F3N4O2/c16-15(17,18)14(24)6-8-22(9-14)13(23)19-7-5-12-20-10-3-1-2-4-11(10)21-12/h1-4,24H,5-9H2,(H,19,23)(H,20,21). The zero-order valence-corrected chi connectivity index (χ0v) is 12.7. The Kier molecular flexibility index (Phi) is 4.12. The lowest BCUT2D eigenvalue weighted by molar-refractivity contribution is -0.253. The Hall–Kier alpha value is -2.29. The molecule has 0 aliphatic carbocycles. The average Bonchev–Trinajstić information content (AvgIpc) is 3.10. The fraction of sp³-hybridized carbons (Fsp3) is 0.467. The van der Waals surface area contributed by atoms with Gasteiger partial charge in [0.05, 0.1) is 17.6 Å². The lowest BCUT2D eigenvalue weighted by Crippen LogP contribution is -2.49. The molecule has 2 amide bonds. The first-order valence-corrected chi connectivity index (χ1v) is 7.54. The first-order valence-electron chi connectivity index (χ1n) is 7.54. The molecule has 1 unspecified atom stereocenters. The predicted molar refractivity (Wildman–Crippen MR) is 80.4 cm³/mol. The molecule has 0 spiro atoms. The Labute approximate surface area is 135 Å². The molecule has 1 atom stereocenters. The Balaban J connectivity index is 1.51. The summed E-state index contributed by atoms with van der Waals surface area (Å²) in [5, 5.41) is 12.1. The Morgan fingerprint density at radius 3 is 2.83 bits per heavy atom. The third-order valence-electron chi connectivity index (χ3n) is 4.14. The van der Waals surface area contributed by atoms with Crippen molar-refractivity contribution in [3.05, 3.63) is 30.1 Å². The van der Waals surface area contributed by atoms with E-state index in [0.29, 0.717) is 12.2 Å². The maximum atomic E-state index is 12.7. The molecule has 3 rings (SSSR count). The van der Waals surface area contributed by atoms with Crippen molar-refractivity contribution in [2.45, 2.75) is 24.6 Å². The highest BCUT2D eigenvalue weighted by Crippen LogP contribution is 2.37. The summed E-state index contributed by atoms with van der Waals surface area (Å²) in [6, 6.07) is 6.86. The molecule has 1 aromatic heterocycles. The minimum absolute atomic E-state index is 0.132. The van der Waals surface area contributed by atoms with Crippen LogP contribution in [0.5, 0.6) is 0 Å². The number of aliphatic hydroxyl groups is 1. The number of nitrogens with zero attached hydrogens (tertiary/aromatic N) is 2. The maximum Gasteiger partial charge on any atom is 0.419 e. The number of imidazole rings is 1. The topological polar surface area (TPSA) is 81.2 Å². The molecule has 1 fully saturated rings. The van der Waals surface area contributed by atoms with Crippen LogP contribution in [0, 0.1) is 0 Å². The number of likely N-dealkylation sites (tertiary alicyclic amines) is 1. The number of alkyl halides is 3. The van der Waals surface area contributed by atoms with E-state index in [4.69, 9.17) is 0 Å². The monoisotopic (exact) mass is 342 g/mol. The van der Waals surface area contributed by atoms with Crippen LogP contribution < -0.4 is 5.32 Å². The zero-order valence-electron chi connectivity index (χ0n) is 12.7. The second kappa shape index (κ2) is 5.97. The molecule has 0 saturated carbocycles. The van der Waals surface area contributed by atoms with Gasteiger partial charge in [0.25, 0.3) is 0 Å². The summed E-state index contributed by atoms with van der Waals surface area (Å²) in [5.41, 5.74) is -1.12. The number of hydrogen-bond acceptors (Lipinski definition) is 3. The molecule has 24 heavy (non-hydrogen) atoms. The molecule has 1 aliphatic rings. The second-order valence-electron chi connectivity index (χ2n) is 5.88. The van der Waals surface area contributed by atoms with Crippen LogP contribution in [0.2, 0.25) is 0 Å². The van der Waals surface area contributed by atoms with Gasteiger partial charge in [-0.15, -0.1) is 0 Å². The molecule has 2 aromatic rings. The van der Waals surface area contributed by atoms with Crippen LogP contribution in [0.1, 0.15) is 12.2 Å². The van der Waals surface area contributed by atoms with Crippen molar-refractivity contribution >= 4 is 17.1 Å². The van der Waals surface area contributed by atoms with Gasteiger partial charge in [0, 0.05) is 25.9 Å². The number of β-amino-alcohol motifs (C(OH)–C–C–N with tert-alkyl or cyclic N) is 1. The van der Waals surface area contributed by atoms with Gasteiger partial charge in [0.15, 0.2) is 5.60 Å². The SMILES string of the molecule is O=C(NCCc1nc2ccccc2[nH]1)N1CCC(O)(C(F)(F)F)C1. The normalized spacial score (nSPS) is 21.4. The number of nitrogens with one attached hydrogen (secondary N) is 2. The van der Waals surface area contributed by atoms with Crippen LogP contribution in [0.25, 0.3) is 11.0 Å². The summed E-state index contributed by atoms with van der Waals surface area (Å²) in [6.45, 7) is -0.640. The molecular formula is C15H17F3N4O2. The van der Waals surface area contributed by atoms with E-state index in [0.717, 1.165) is 15.9 Å². The van der Waals surface area contributed by atoms with E-state index in [2.05, 4.69) is 15.3 Å². The van der Waals surface area contributed by atoms with Crippen molar-refractivity contribution < 1.29 is 23.1 Å². The molecular weight excluding hydrogens is 325 g/mol. The molecule has 1 saturated heterocycles. The first-order chi connectivity index (χ1) is 11.3. The number of rotatable bonds is 3. The Bertz CT molecular complexity index is 713. The van der Waals surface area contributed by atoms with E-state index in [-0.39, 0.29) is 13.1 Å². The number of urea groups is 1. The highest BCUT2D eigenvalue weighted by Gasteiger charge is 2.57. The Morgan fingerprint density at radius 2 is 2.17 bits per heavy atom. The third kappa shape index (κ3) is 3.16. The van der Waals surface area contributed by atoms with E-state index in [1.807, 2.05) is 24.3 Å². The largest absolute Gasteiger partial charge is 0.419 e. The van der Waals surface area contributed by atoms with Crippen molar-refractivity contribution in [1.29, 1.82) is 0 Å². The first kappa shape index (κ1) is 16.6. The van der Waals surface area contributed by atoms with Crippen molar-refractivity contribution in [3.8, 4) is 0 Å². The maximum absolute atomic E-state index is 12.7. The van der Waals surface area contributed by atoms with Crippen molar-refractivity contribution in [2.24, 2.45) is 0 Å². The van der Waals surface area contributed by atoms with Gasteiger partial charge < -0.3 is 20.3 Å². The highest BCUT2D eigenvalue weighted by molar-refractivity contribution is 5.75. The Morgan fingerprint density at radius 1 is 1.42 bits per heavy atom. The number of carbonyl (C=O) groups is 1. The quantitative estimate of drug-likeness (QED) is 0.796. The third-order valence-corrected chi connectivity index (χ3v) is 4.14. The van der Waals surface area contributed by atoms with Gasteiger partial charge in [-0.2, -0.15) is 13.2 Å². The molecule has 9 heteroatoms. The smallest absolute Gasteiger partial charge is 0.379 e.